The molecule has 0 bridgehead atoms. The maximum atomic E-state index is 11.9. The van der Waals surface area contributed by atoms with Gasteiger partial charge in [-0.3, -0.25) is 4.90 Å². The maximum absolute atomic E-state index is 11.9. The molecule has 1 aliphatic rings. The average Bonchev–Trinajstić information content (AvgIpc) is 2.10. The first-order chi connectivity index (χ1) is 6.86. The third kappa shape index (κ3) is 2.16. The van der Waals surface area contributed by atoms with Crippen molar-refractivity contribution in [3.05, 3.63) is 11.3 Å². The maximum Gasteiger partial charge on any atom is 0.322 e. The largest absolute Gasteiger partial charge is 0.331 e. The standard InChI is InChI=1S/C12H22N2O/c1-7(2)11-9(5)10(6)14(8(3)4)12(15)13-11/h7-8,11H,1-6H3,(H,13,15). The molecule has 0 saturated carbocycles. The molecule has 3 nitrogen and oxygen atoms in total. The van der Waals surface area contributed by atoms with Crippen molar-refractivity contribution >= 4 is 6.03 Å². The Hall–Kier alpha value is -0.990. The van der Waals surface area contributed by atoms with Crippen LogP contribution in [0.3, 0.4) is 0 Å². The summed E-state index contributed by atoms with van der Waals surface area (Å²) in [6.45, 7) is 12.5. The number of nitrogens with one attached hydrogen (secondary N) is 1. The second-order valence-electron chi connectivity index (χ2n) is 4.90. The van der Waals surface area contributed by atoms with Crippen molar-refractivity contribution in [1.29, 1.82) is 0 Å². The van der Waals surface area contributed by atoms with Gasteiger partial charge in [-0.05, 0) is 39.2 Å². The molecule has 1 N–H and O–H groups in total. The van der Waals surface area contributed by atoms with E-state index >= 15 is 0 Å². The van der Waals surface area contributed by atoms with E-state index in [0.29, 0.717) is 5.92 Å². The first-order valence-corrected chi connectivity index (χ1v) is 5.63. The van der Waals surface area contributed by atoms with E-state index in [9.17, 15) is 4.79 Å². The fraction of sp³-hybridized carbons (Fsp3) is 0.750. The van der Waals surface area contributed by atoms with Gasteiger partial charge in [0.05, 0.1) is 6.04 Å². The van der Waals surface area contributed by atoms with E-state index in [0.717, 1.165) is 5.70 Å². The van der Waals surface area contributed by atoms with Gasteiger partial charge in [-0.15, -0.1) is 0 Å². The highest BCUT2D eigenvalue weighted by Crippen LogP contribution is 2.24. The molecule has 1 heterocycles. The molecular formula is C12H22N2O. The molecule has 1 rings (SSSR count). The summed E-state index contributed by atoms with van der Waals surface area (Å²) in [6, 6.07) is 0.437. The number of hydrogen-bond acceptors (Lipinski definition) is 1. The molecule has 3 heteroatoms. The van der Waals surface area contributed by atoms with Crippen LogP contribution < -0.4 is 5.32 Å². The molecule has 2 amide bonds. The lowest BCUT2D eigenvalue weighted by molar-refractivity contribution is 0.186. The summed E-state index contributed by atoms with van der Waals surface area (Å²) in [5, 5.41) is 3.06. The molecule has 1 unspecified atom stereocenters. The fourth-order valence-electron chi connectivity index (χ4n) is 2.17. The van der Waals surface area contributed by atoms with Gasteiger partial charge in [0, 0.05) is 11.7 Å². The summed E-state index contributed by atoms with van der Waals surface area (Å²) < 4.78 is 0. The van der Waals surface area contributed by atoms with Crippen molar-refractivity contribution in [2.75, 3.05) is 0 Å². The number of hydrogen-bond donors (Lipinski definition) is 1. The van der Waals surface area contributed by atoms with E-state index in [1.165, 1.54) is 5.57 Å². The predicted molar refractivity (Wildman–Crippen MR) is 62.5 cm³/mol. The molecule has 0 saturated heterocycles. The van der Waals surface area contributed by atoms with E-state index in [2.05, 4.69) is 26.1 Å². The Balaban J connectivity index is 3.06. The van der Waals surface area contributed by atoms with E-state index in [-0.39, 0.29) is 18.1 Å². The third-order valence-corrected chi connectivity index (χ3v) is 3.08. The molecule has 1 atom stereocenters. The molecular weight excluding hydrogens is 188 g/mol. The van der Waals surface area contributed by atoms with E-state index < -0.39 is 0 Å². The minimum Gasteiger partial charge on any atom is -0.331 e. The van der Waals surface area contributed by atoms with Crippen LogP contribution >= 0.6 is 0 Å². The zero-order valence-corrected chi connectivity index (χ0v) is 10.6. The van der Waals surface area contributed by atoms with Crippen molar-refractivity contribution in [2.24, 2.45) is 5.92 Å². The number of allylic oxidation sites excluding steroid dienone is 1. The van der Waals surface area contributed by atoms with Crippen LogP contribution in [0.25, 0.3) is 0 Å². The van der Waals surface area contributed by atoms with Gasteiger partial charge >= 0.3 is 6.03 Å². The number of carbonyl (C=O) groups excluding carboxylic acids is 1. The zero-order valence-electron chi connectivity index (χ0n) is 10.6. The van der Waals surface area contributed by atoms with E-state index in [1.807, 2.05) is 25.7 Å². The molecule has 0 aromatic rings. The SMILES string of the molecule is CC1=C(C)N(C(C)C)C(=O)NC1C(C)C. The highest BCUT2D eigenvalue weighted by molar-refractivity contribution is 5.79. The lowest BCUT2D eigenvalue weighted by Gasteiger charge is -2.38. The fourth-order valence-corrected chi connectivity index (χ4v) is 2.17. The molecule has 0 radical (unpaired) electrons. The lowest BCUT2D eigenvalue weighted by Crippen LogP contribution is -2.53. The van der Waals surface area contributed by atoms with Crippen molar-refractivity contribution < 1.29 is 4.79 Å². The zero-order chi connectivity index (χ0) is 11.7. The summed E-state index contributed by atoms with van der Waals surface area (Å²) in [5.74, 6) is 0.443. The van der Waals surface area contributed by atoms with Crippen LogP contribution in [0.4, 0.5) is 4.79 Å². The smallest absolute Gasteiger partial charge is 0.322 e. The molecule has 86 valence electrons. The Morgan fingerprint density at radius 2 is 1.73 bits per heavy atom. The Morgan fingerprint density at radius 1 is 1.20 bits per heavy atom. The minimum absolute atomic E-state index is 0.0341. The monoisotopic (exact) mass is 210 g/mol. The number of urea groups is 1. The van der Waals surface area contributed by atoms with Crippen LogP contribution in [0.1, 0.15) is 41.5 Å². The van der Waals surface area contributed by atoms with Crippen LogP contribution in [0.15, 0.2) is 11.3 Å². The third-order valence-electron chi connectivity index (χ3n) is 3.08. The average molecular weight is 210 g/mol. The highest BCUT2D eigenvalue weighted by atomic mass is 16.2. The van der Waals surface area contributed by atoms with Gasteiger partial charge in [0.1, 0.15) is 0 Å². The summed E-state index contributed by atoms with van der Waals surface area (Å²) >= 11 is 0. The summed E-state index contributed by atoms with van der Waals surface area (Å²) in [5.41, 5.74) is 2.38. The van der Waals surface area contributed by atoms with Gasteiger partial charge in [-0.25, -0.2) is 4.79 Å². The molecule has 0 aromatic carbocycles. The van der Waals surface area contributed by atoms with E-state index in [4.69, 9.17) is 0 Å². The number of carbonyl (C=O) groups is 1. The Labute approximate surface area is 92.5 Å². The molecule has 0 spiro atoms. The lowest BCUT2D eigenvalue weighted by atomic mass is 9.93. The predicted octanol–water partition coefficient (Wildman–Crippen LogP) is 2.74. The van der Waals surface area contributed by atoms with Gasteiger partial charge in [0.25, 0.3) is 0 Å². The van der Waals surface area contributed by atoms with Crippen LogP contribution in [0.2, 0.25) is 0 Å². The van der Waals surface area contributed by atoms with Crippen molar-refractivity contribution in [3.8, 4) is 0 Å². The number of nitrogens with zero attached hydrogens (tertiary/aromatic N) is 1. The van der Waals surface area contributed by atoms with Crippen molar-refractivity contribution in [2.45, 2.75) is 53.6 Å². The Morgan fingerprint density at radius 3 is 2.13 bits per heavy atom. The minimum atomic E-state index is 0.0341. The quantitative estimate of drug-likeness (QED) is 0.746. The van der Waals surface area contributed by atoms with E-state index in [1.54, 1.807) is 0 Å². The van der Waals surface area contributed by atoms with Crippen LogP contribution in [0, 0.1) is 5.92 Å². The van der Waals surface area contributed by atoms with Crippen molar-refractivity contribution in [3.63, 3.8) is 0 Å². The summed E-state index contributed by atoms with van der Waals surface area (Å²) in [4.78, 5) is 13.7. The molecule has 0 fully saturated rings. The highest BCUT2D eigenvalue weighted by Gasteiger charge is 2.31. The number of amides is 2. The number of rotatable bonds is 2. The van der Waals surface area contributed by atoms with Crippen molar-refractivity contribution in [1.82, 2.24) is 10.2 Å². The van der Waals surface area contributed by atoms with Gasteiger partial charge in [-0.1, -0.05) is 13.8 Å². The molecule has 1 aliphatic heterocycles. The summed E-state index contributed by atoms with van der Waals surface area (Å²) in [7, 11) is 0. The van der Waals surface area contributed by atoms with Crippen LogP contribution in [-0.2, 0) is 0 Å². The van der Waals surface area contributed by atoms with Gasteiger partial charge in [0.15, 0.2) is 0 Å². The van der Waals surface area contributed by atoms with Gasteiger partial charge < -0.3 is 5.32 Å². The first kappa shape index (κ1) is 12.1. The summed E-state index contributed by atoms with van der Waals surface area (Å²) in [6.07, 6.45) is 0. The van der Waals surface area contributed by atoms with Crippen LogP contribution in [0.5, 0.6) is 0 Å². The van der Waals surface area contributed by atoms with Gasteiger partial charge in [0.2, 0.25) is 0 Å². The Kier molecular flexibility index (Phi) is 3.42. The molecule has 0 aliphatic carbocycles. The molecule has 15 heavy (non-hydrogen) atoms. The second-order valence-corrected chi connectivity index (χ2v) is 4.90. The topological polar surface area (TPSA) is 32.3 Å². The Bertz CT molecular complexity index is 292. The normalized spacial score (nSPS) is 22.8. The van der Waals surface area contributed by atoms with Gasteiger partial charge in [-0.2, -0.15) is 0 Å². The van der Waals surface area contributed by atoms with Crippen LogP contribution in [-0.4, -0.2) is 23.0 Å². The first-order valence-electron chi connectivity index (χ1n) is 5.63. The second kappa shape index (κ2) is 4.25. The molecule has 0 aromatic heterocycles.